The lowest BCUT2D eigenvalue weighted by molar-refractivity contribution is -0.130. The molecule has 3 aromatic rings. The molecule has 2 aromatic carbocycles. The van der Waals surface area contributed by atoms with E-state index in [4.69, 9.17) is 14.5 Å². The molecule has 6 heteroatoms. The zero-order valence-corrected chi connectivity index (χ0v) is 15.2. The molecule has 5 rings (SSSR count). The standard InChI is InChI=1S/C22H19N3O3/c26-22(21-14-27-19-9-3-4-10-20(19)28-21)24-13-16-18-8-5-11-25(18)17-7-2-1-6-15(17)12-23-16/h1-11,21H,12-14H2,(H,24,26)/t21-/m0/s1. The number of carbonyl (C=O) groups excluding carboxylic acids is 1. The molecule has 2 aliphatic rings. The van der Waals surface area contributed by atoms with E-state index in [0.29, 0.717) is 24.6 Å². The first kappa shape index (κ1) is 16.6. The van der Waals surface area contributed by atoms with E-state index in [1.165, 1.54) is 0 Å². The second-order valence-electron chi connectivity index (χ2n) is 6.74. The minimum absolute atomic E-state index is 0.192. The number of aromatic nitrogens is 1. The van der Waals surface area contributed by atoms with Crippen molar-refractivity contribution in [1.82, 2.24) is 9.88 Å². The number of carbonyl (C=O) groups is 1. The number of para-hydroxylation sites is 3. The van der Waals surface area contributed by atoms with Gasteiger partial charge in [0.2, 0.25) is 6.10 Å². The fraction of sp³-hybridized carbons (Fsp3) is 0.182. The van der Waals surface area contributed by atoms with Crippen molar-refractivity contribution in [2.24, 2.45) is 4.99 Å². The predicted octanol–water partition coefficient (Wildman–Crippen LogP) is 2.74. The van der Waals surface area contributed by atoms with Gasteiger partial charge in [0.1, 0.15) is 6.61 Å². The molecule has 2 aliphatic heterocycles. The van der Waals surface area contributed by atoms with Crippen molar-refractivity contribution in [3.8, 4) is 17.2 Å². The molecule has 0 radical (unpaired) electrons. The van der Waals surface area contributed by atoms with Crippen LogP contribution in [0.25, 0.3) is 5.69 Å². The lowest BCUT2D eigenvalue weighted by Gasteiger charge is -2.25. The van der Waals surface area contributed by atoms with Gasteiger partial charge < -0.3 is 19.4 Å². The highest BCUT2D eigenvalue weighted by atomic mass is 16.6. The summed E-state index contributed by atoms with van der Waals surface area (Å²) in [7, 11) is 0. The fourth-order valence-electron chi connectivity index (χ4n) is 3.55. The van der Waals surface area contributed by atoms with Crippen LogP contribution in [0.1, 0.15) is 11.3 Å². The van der Waals surface area contributed by atoms with Gasteiger partial charge in [0, 0.05) is 6.20 Å². The molecular weight excluding hydrogens is 354 g/mol. The Morgan fingerprint density at radius 1 is 1.07 bits per heavy atom. The van der Waals surface area contributed by atoms with E-state index in [1.54, 1.807) is 6.07 Å². The van der Waals surface area contributed by atoms with Gasteiger partial charge in [-0.3, -0.25) is 9.79 Å². The van der Waals surface area contributed by atoms with Gasteiger partial charge in [-0.1, -0.05) is 30.3 Å². The average molecular weight is 373 g/mol. The quantitative estimate of drug-likeness (QED) is 0.768. The number of rotatable bonds is 3. The molecular formula is C22H19N3O3. The average Bonchev–Trinajstić information content (AvgIpc) is 3.17. The first-order chi connectivity index (χ1) is 13.8. The van der Waals surface area contributed by atoms with E-state index in [-0.39, 0.29) is 12.5 Å². The summed E-state index contributed by atoms with van der Waals surface area (Å²) in [5.74, 6) is 1.04. The number of hydrogen-bond acceptors (Lipinski definition) is 4. The van der Waals surface area contributed by atoms with E-state index in [2.05, 4.69) is 22.0 Å². The molecule has 1 aromatic heterocycles. The number of aliphatic imine (C=N–C) groups is 1. The molecule has 0 spiro atoms. The first-order valence-corrected chi connectivity index (χ1v) is 9.25. The number of nitrogens with one attached hydrogen (secondary N) is 1. The Labute approximate surface area is 162 Å². The third kappa shape index (κ3) is 2.93. The summed E-state index contributed by atoms with van der Waals surface area (Å²) in [4.78, 5) is 17.4. The van der Waals surface area contributed by atoms with Crippen LogP contribution in [0.3, 0.4) is 0 Å². The van der Waals surface area contributed by atoms with Crippen LogP contribution in [0.2, 0.25) is 0 Å². The summed E-state index contributed by atoms with van der Waals surface area (Å²) in [5, 5.41) is 2.95. The Balaban J connectivity index is 1.31. The van der Waals surface area contributed by atoms with Gasteiger partial charge in [-0.15, -0.1) is 0 Å². The van der Waals surface area contributed by atoms with Crippen molar-refractivity contribution in [3.05, 3.63) is 78.1 Å². The molecule has 0 bridgehead atoms. The van der Waals surface area contributed by atoms with Gasteiger partial charge in [0.05, 0.1) is 30.2 Å². The maximum absolute atomic E-state index is 12.6. The van der Waals surface area contributed by atoms with Crippen molar-refractivity contribution in [2.45, 2.75) is 12.6 Å². The van der Waals surface area contributed by atoms with Crippen molar-refractivity contribution < 1.29 is 14.3 Å². The minimum atomic E-state index is -0.676. The Hall–Kier alpha value is -3.54. The Morgan fingerprint density at radius 3 is 2.82 bits per heavy atom. The molecule has 1 amide bonds. The normalized spacial score (nSPS) is 17.0. The van der Waals surface area contributed by atoms with Crippen LogP contribution in [0.5, 0.6) is 11.5 Å². The summed E-state index contributed by atoms with van der Waals surface area (Å²) in [6.07, 6.45) is 1.34. The molecule has 3 heterocycles. The molecule has 140 valence electrons. The van der Waals surface area contributed by atoms with E-state index in [1.807, 2.05) is 48.7 Å². The van der Waals surface area contributed by atoms with Gasteiger partial charge in [0.25, 0.3) is 5.91 Å². The molecule has 1 atom stereocenters. The van der Waals surface area contributed by atoms with Gasteiger partial charge in [-0.2, -0.15) is 0 Å². The van der Waals surface area contributed by atoms with Gasteiger partial charge in [-0.05, 0) is 35.9 Å². The number of nitrogens with zero attached hydrogens (tertiary/aromatic N) is 2. The lowest BCUT2D eigenvalue weighted by Crippen LogP contribution is -2.45. The van der Waals surface area contributed by atoms with Gasteiger partial charge in [-0.25, -0.2) is 0 Å². The van der Waals surface area contributed by atoms with E-state index in [9.17, 15) is 4.79 Å². The van der Waals surface area contributed by atoms with Gasteiger partial charge in [0.15, 0.2) is 11.5 Å². The van der Waals surface area contributed by atoms with Gasteiger partial charge >= 0.3 is 0 Å². The second kappa shape index (κ2) is 6.88. The number of benzene rings is 2. The van der Waals surface area contributed by atoms with E-state index < -0.39 is 6.10 Å². The lowest BCUT2D eigenvalue weighted by atomic mass is 10.2. The van der Waals surface area contributed by atoms with Crippen molar-refractivity contribution in [3.63, 3.8) is 0 Å². The predicted molar refractivity (Wildman–Crippen MR) is 105 cm³/mol. The highest BCUT2D eigenvalue weighted by Gasteiger charge is 2.27. The summed E-state index contributed by atoms with van der Waals surface area (Å²) in [6, 6.07) is 19.6. The highest BCUT2D eigenvalue weighted by Crippen LogP contribution is 2.30. The summed E-state index contributed by atoms with van der Waals surface area (Å²) in [6.45, 7) is 1.11. The minimum Gasteiger partial charge on any atom is -0.485 e. The second-order valence-corrected chi connectivity index (χ2v) is 6.74. The summed E-state index contributed by atoms with van der Waals surface area (Å²) in [5.41, 5.74) is 4.10. The van der Waals surface area contributed by atoms with Crippen LogP contribution >= 0.6 is 0 Å². The Kier molecular flexibility index (Phi) is 4.09. The Morgan fingerprint density at radius 2 is 1.89 bits per heavy atom. The van der Waals surface area contributed by atoms with E-state index >= 15 is 0 Å². The Bertz CT molecular complexity index is 1070. The van der Waals surface area contributed by atoms with E-state index in [0.717, 1.165) is 22.7 Å². The van der Waals surface area contributed by atoms with Crippen molar-refractivity contribution in [1.29, 1.82) is 0 Å². The number of fused-ring (bicyclic) bond motifs is 4. The topological polar surface area (TPSA) is 64.9 Å². The number of ether oxygens (including phenoxy) is 2. The first-order valence-electron chi connectivity index (χ1n) is 9.25. The molecule has 0 fully saturated rings. The van der Waals surface area contributed by atoms with Crippen LogP contribution < -0.4 is 14.8 Å². The maximum Gasteiger partial charge on any atom is 0.265 e. The molecule has 28 heavy (non-hydrogen) atoms. The molecule has 1 N–H and O–H groups in total. The summed E-state index contributed by atoms with van der Waals surface area (Å²) >= 11 is 0. The zero-order valence-electron chi connectivity index (χ0n) is 15.2. The van der Waals surface area contributed by atoms with Crippen LogP contribution in [0.15, 0.2) is 71.9 Å². The van der Waals surface area contributed by atoms with Crippen LogP contribution in [-0.2, 0) is 11.3 Å². The molecule has 6 nitrogen and oxygen atoms in total. The number of amides is 1. The maximum atomic E-state index is 12.6. The molecule has 0 saturated carbocycles. The molecule has 0 aliphatic carbocycles. The third-order valence-corrected chi connectivity index (χ3v) is 4.97. The SMILES string of the molecule is O=C(NCC1=NCc2ccccc2-n2cccc21)[C@@H]1COc2ccccc2O1. The monoisotopic (exact) mass is 373 g/mol. The van der Waals surface area contributed by atoms with Crippen LogP contribution in [0, 0.1) is 0 Å². The van der Waals surface area contributed by atoms with Crippen molar-refractivity contribution in [2.75, 3.05) is 13.2 Å². The zero-order chi connectivity index (χ0) is 18.9. The third-order valence-electron chi connectivity index (χ3n) is 4.97. The number of hydrogen-bond donors (Lipinski definition) is 1. The highest BCUT2D eigenvalue weighted by molar-refractivity contribution is 6.03. The van der Waals surface area contributed by atoms with Crippen molar-refractivity contribution >= 4 is 11.6 Å². The van der Waals surface area contributed by atoms with Crippen LogP contribution in [-0.4, -0.2) is 35.4 Å². The molecule has 0 unspecified atom stereocenters. The summed E-state index contributed by atoms with van der Waals surface area (Å²) < 4.78 is 13.5. The fourth-order valence-corrected chi connectivity index (χ4v) is 3.55. The largest absolute Gasteiger partial charge is 0.485 e. The smallest absolute Gasteiger partial charge is 0.265 e. The van der Waals surface area contributed by atoms with Crippen LogP contribution in [0.4, 0.5) is 0 Å². The molecule has 0 saturated heterocycles.